The Bertz CT molecular complexity index is 540. The highest BCUT2D eigenvalue weighted by atomic mass is 16.2. The molecule has 1 fully saturated rings. The maximum absolute atomic E-state index is 12.0. The van der Waals surface area contributed by atoms with Crippen LogP contribution in [0.15, 0.2) is 24.3 Å². The summed E-state index contributed by atoms with van der Waals surface area (Å²) in [6.45, 7) is 4.49. The highest BCUT2D eigenvalue weighted by Gasteiger charge is 2.23. The lowest BCUT2D eigenvalue weighted by atomic mass is 10.1. The van der Waals surface area contributed by atoms with E-state index in [9.17, 15) is 9.59 Å². The van der Waals surface area contributed by atoms with E-state index in [-0.39, 0.29) is 23.9 Å². The van der Waals surface area contributed by atoms with Gasteiger partial charge in [-0.25, -0.2) is 4.79 Å². The van der Waals surface area contributed by atoms with E-state index in [2.05, 4.69) is 21.3 Å². The number of amides is 3. The maximum Gasteiger partial charge on any atom is 0.319 e. The fourth-order valence-corrected chi connectivity index (χ4v) is 2.27. The van der Waals surface area contributed by atoms with Gasteiger partial charge in [-0.2, -0.15) is 0 Å². The van der Waals surface area contributed by atoms with E-state index in [4.69, 9.17) is 0 Å². The molecule has 6 heteroatoms. The summed E-state index contributed by atoms with van der Waals surface area (Å²) < 4.78 is 0. The first-order valence-electron chi connectivity index (χ1n) is 8.12. The molecule has 0 aromatic heterocycles. The van der Waals surface area contributed by atoms with Crippen LogP contribution in [0, 0.1) is 5.92 Å². The van der Waals surface area contributed by atoms with Crippen LogP contribution in [0.25, 0.3) is 0 Å². The third-order valence-electron chi connectivity index (χ3n) is 3.90. The van der Waals surface area contributed by atoms with Crippen LogP contribution in [0.5, 0.6) is 0 Å². The average molecular weight is 318 g/mol. The minimum absolute atomic E-state index is 0.0258. The molecule has 2 rings (SSSR count). The van der Waals surface area contributed by atoms with Gasteiger partial charge in [0.2, 0.25) is 5.91 Å². The fourth-order valence-electron chi connectivity index (χ4n) is 2.27. The van der Waals surface area contributed by atoms with Crippen LogP contribution in [0.4, 0.5) is 10.5 Å². The molecule has 1 aromatic carbocycles. The summed E-state index contributed by atoms with van der Waals surface area (Å²) in [4.78, 5) is 23.7. The molecule has 0 heterocycles. The summed E-state index contributed by atoms with van der Waals surface area (Å²) in [5.74, 6) is -0.0487. The molecular weight excluding hydrogens is 292 g/mol. The van der Waals surface area contributed by atoms with Crippen molar-refractivity contribution < 1.29 is 9.59 Å². The Morgan fingerprint density at radius 1 is 1.17 bits per heavy atom. The predicted octanol–water partition coefficient (Wildman–Crippen LogP) is 2.00. The lowest BCUT2D eigenvalue weighted by Gasteiger charge is -2.18. The van der Waals surface area contributed by atoms with Gasteiger partial charge < -0.3 is 21.3 Å². The van der Waals surface area contributed by atoms with Gasteiger partial charge in [-0.05, 0) is 44.5 Å². The van der Waals surface area contributed by atoms with Crippen molar-refractivity contribution in [1.82, 2.24) is 16.0 Å². The summed E-state index contributed by atoms with van der Waals surface area (Å²) in [6, 6.07) is 7.63. The van der Waals surface area contributed by atoms with Gasteiger partial charge in [0, 0.05) is 24.2 Å². The third kappa shape index (κ3) is 5.56. The second-order valence-electron chi connectivity index (χ2n) is 6.18. The number of carbonyl (C=O) groups is 2. The van der Waals surface area contributed by atoms with Gasteiger partial charge in [-0.3, -0.25) is 4.79 Å². The minimum Gasteiger partial charge on any atom is -0.349 e. The van der Waals surface area contributed by atoms with Crippen LogP contribution >= 0.6 is 0 Å². The molecule has 2 atom stereocenters. The summed E-state index contributed by atoms with van der Waals surface area (Å²) >= 11 is 0. The Kier molecular flexibility index (Phi) is 5.98. The molecular formula is C17H26N4O2. The molecule has 0 radical (unpaired) electrons. The number of anilines is 1. The van der Waals surface area contributed by atoms with Crippen molar-refractivity contribution in [3.05, 3.63) is 29.8 Å². The molecule has 0 aliphatic heterocycles. The van der Waals surface area contributed by atoms with Gasteiger partial charge in [0.15, 0.2) is 0 Å². The van der Waals surface area contributed by atoms with Crippen molar-refractivity contribution >= 4 is 17.6 Å². The Balaban J connectivity index is 1.85. The predicted molar refractivity (Wildman–Crippen MR) is 91.3 cm³/mol. The van der Waals surface area contributed by atoms with E-state index in [1.165, 1.54) is 0 Å². The van der Waals surface area contributed by atoms with Crippen LogP contribution in [-0.2, 0) is 4.79 Å². The summed E-state index contributed by atoms with van der Waals surface area (Å²) in [6.07, 6.45) is 2.13. The molecule has 126 valence electrons. The molecule has 3 amide bonds. The van der Waals surface area contributed by atoms with Crippen molar-refractivity contribution in [2.24, 2.45) is 5.92 Å². The summed E-state index contributed by atoms with van der Waals surface area (Å²) in [5, 5.41) is 11.7. The average Bonchev–Trinajstić information content (AvgIpc) is 3.31. The molecule has 1 aromatic rings. The van der Waals surface area contributed by atoms with E-state index in [1.54, 1.807) is 0 Å². The highest BCUT2D eigenvalue weighted by molar-refractivity contribution is 5.89. The maximum atomic E-state index is 12.0. The van der Waals surface area contributed by atoms with Gasteiger partial charge in [-0.15, -0.1) is 0 Å². The first-order valence-corrected chi connectivity index (χ1v) is 8.12. The lowest BCUT2D eigenvalue weighted by molar-refractivity contribution is -0.125. The van der Waals surface area contributed by atoms with E-state index in [0.29, 0.717) is 12.6 Å². The van der Waals surface area contributed by atoms with Crippen molar-refractivity contribution in [1.29, 1.82) is 0 Å². The number of rotatable bonds is 7. The van der Waals surface area contributed by atoms with Gasteiger partial charge in [0.25, 0.3) is 0 Å². The van der Waals surface area contributed by atoms with E-state index >= 15 is 0 Å². The largest absolute Gasteiger partial charge is 0.349 e. The number of hydrogen-bond acceptors (Lipinski definition) is 3. The van der Waals surface area contributed by atoms with Gasteiger partial charge in [0.1, 0.15) is 0 Å². The molecule has 0 spiro atoms. The molecule has 0 saturated heterocycles. The van der Waals surface area contributed by atoms with E-state index in [0.717, 1.165) is 24.1 Å². The number of carbonyl (C=O) groups excluding carboxylic acids is 2. The quantitative estimate of drug-likeness (QED) is 0.620. The Labute approximate surface area is 137 Å². The molecule has 1 aliphatic rings. The van der Waals surface area contributed by atoms with Crippen LogP contribution in [0.3, 0.4) is 0 Å². The normalized spacial score (nSPS) is 16.3. The van der Waals surface area contributed by atoms with Crippen molar-refractivity contribution in [2.75, 3.05) is 18.9 Å². The monoisotopic (exact) mass is 318 g/mol. The van der Waals surface area contributed by atoms with Crippen LogP contribution < -0.4 is 21.3 Å². The second kappa shape index (κ2) is 7.97. The first-order chi connectivity index (χ1) is 11.0. The van der Waals surface area contributed by atoms with E-state index in [1.807, 2.05) is 45.2 Å². The SMILES string of the molecule is CNCC(C)C(=O)NC(C)c1ccc(NC(=O)NC2CC2)cc1. The molecule has 1 saturated carbocycles. The summed E-state index contributed by atoms with van der Waals surface area (Å²) in [7, 11) is 1.83. The van der Waals surface area contributed by atoms with Crippen molar-refractivity contribution in [3.63, 3.8) is 0 Å². The number of benzene rings is 1. The third-order valence-corrected chi connectivity index (χ3v) is 3.90. The smallest absolute Gasteiger partial charge is 0.319 e. The zero-order chi connectivity index (χ0) is 16.8. The highest BCUT2D eigenvalue weighted by Crippen LogP contribution is 2.19. The fraction of sp³-hybridized carbons (Fsp3) is 0.529. The van der Waals surface area contributed by atoms with Gasteiger partial charge in [0.05, 0.1) is 6.04 Å². The lowest BCUT2D eigenvalue weighted by Crippen LogP contribution is -2.35. The molecule has 6 nitrogen and oxygen atoms in total. The molecule has 0 bridgehead atoms. The van der Waals surface area contributed by atoms with Gasteiger partial charge in [-0.1, -0.05) is 19.1 Å². The molecule has 4 N–H and O–H groups in total. The molecule has 1 aliphatic carbocycles. The van der Waals surface area contributed by atoms with Gasteiger partial charge >= 0.3 is 6.03 Å². The van der Waals surface area contributed by atoms with Crippen LogP contribution in [0.1, 0.15) is 38.3 Å². The molecule has 2 unspecified atom stereocenters. The number of hydrogen-bond donors (Lipinski definition) is 4. The van der Waals surface area contributed by atoms with E-state index < -0.39 is 0 Å². The standard InChI is InChI=1S/C17H26N4O2/c1-11(10-18-3)16(22)19-12(2)13-4-6-14(7-5-13)20-17(23)21-15-8-9-15/h4-7,11-12,15,18H,8-10H2,1-3H3,(H,19,22)(H2,20,21,23). The van der Waals surface area contributed by atoms with Crippen LogP contribution in [0.2, 0.25) is 0 Å². The van der Waals surface area contributed by atoms with Crippen LogP contribution in [-0.4, -0.2) is 31.6 Å². The Morgan fingerprint density at radius 2 is 1.83 bits per heavy atom. The topological polar surface area (TPSA) is 82.3 Å². The minimum atomic E-state index is -0.164. The number of urea groups is 1. The zero-order valence-corrected chi connectivity index (χ0v) is 14.0. The zero-order valence-electron chi connectivity index (χ0n) is 14.0. The first kappa shape index (κ1) is 17.3. The second-order valence-corrected chi connectivity index (χ2v) is 6.18. The molecule has 23 heavy (non-hydrogen) atoms. The Morgan fingerprint density at radius 3 is 2.39 bits per heavy atom. The Hall–Kier alpha value is -2.08. The summed E-state index contributed by atoms with van der Waals surface area (Å²) in [5.41, 5.74) is 1.75. The van der Waals surface area contributed by atoms with Crippen molar-refractivity contribution in [2.45, 2.75) is 38.8 Å². The van der Waals surface area contributed by atoms with Crippen molar-refractivity contribution in [3.8, 4) is 0 Å². The number of nitrogens with one attached hydrogen (secondary N) is 4.